The Labute approximate surface area is 126 Å². The van der Waals surface area contributed by atoms with Crippen molar-refractivity contribution in [1.29, 1.82) is 0 Å². The zero-order chi connectivity index (χ0) is 14.4. The Balaban J connectivity index is 1.73. The highest BCUT2D eigenvalue weighted by Gasteiger charge is 1.98. The summed E-state index contributed by atoms with van der Waals surface area (Å²) in [6.07, 6.45) is 0. The lowest BCUT2D eigenvalue weighted by Gasteiger charge is -2.09. The predicted molar refractivity (Wildman–Crippen MR) is 91.7 cm³/mol. The summed E-state index contributed by atoms with van der Waals surface area (Å²) in [5.74, 6) is 2.22. The summed E-state index contributed by atoms with van der Waals surface area (Å²) in [5.41, 5.74) is 6.71. The molecule has 0 heterocycles. The minimum atomic E-state index is 1.01. The van der Waals surface area contributed by atoms with Gasteiger partial charge in [-0.1, -0.05) is 47.5 Å². The average molecular weight is 285 g/mol. The standard InChI is InChI=1S/C18H23NS/c1-14-10-15(2)12-17(11-14)13-20-9-8-19-18-7-5-4-6-16(18)3/h4-7,10-12,19H,8-9,13H2,1-3H3. The van der Waals surface area contributed by atoms with E-state index in [1.165, 1.54) is 27.9 Å². The summed E-state index contributed by atoms with van der Waals surface area (Å²) in [7, 11) is 0. The smallest absolute Gasteiger partial charge is 0.0370 e. The first-order chi connectivity index (χ1) is 9.65. The SMILES string of the molecule is Cc1cc(C)cc(CSCCNc2ccccc2C)c1. The molecule has 0 fully saturated rings. The molecule has 0 atom stereocenters. The van der Waals surface area contributed by atoms with Gasteiger partial charge in [0.15, 0.2) is 0 Å². The number of para-hydroxylation sites is 1. The van der Waals surface area contributed by atoms with Crippen molar-refractivity contribution < 1.29 is 0 Å². The highest BCUT2D eigenvalue weighted by atomic mass is 32.2. The highest BCUT2D eigenvalue weighted by Crippen LogP contribution is 2.17. The van der Waals surface area contributed by atoms with Gasteiger partial charge in [-0.05, 0) is 38.0 Å². The van der Waals surface area contributed by atoms with Gasteiger partial charge < -0.3 is 5.32 Å². The first-order valence-electron chi connectivity index (χ1n) is 7.09. The second-order valence-electron chi connectivity index (χ2n) is 5.29. The number of anilines is 1. The molecule has 0 radical (unpaired) electrons. The van der Waals surface area contributed by atoms with Crippen LogP contribution in [0.2, 0.25) is 0 Å². The molecule has 0 unspecified atom stereocenters. The topological polar surface area (TPSA) is 12.0 Å². The van der Waals surface area contributed by atoms with Crippen molar-refractivity contribution in [3.8, 4) is 0 Å². The maximum Gasteiger partial charge on any atom is 0.0370 e. The average Bonchev–Trinajstić information content (AvgIpc) is 2.39. The van der Waals surface area contributed by atoms with Crippen molar-refractivity contribution in [2.24, 2.45) is 0 Å². The zero-order valence-corrected chi connectivity index (χ0v) is 13.4. The third-order valence-corrected chi connectivity index (χ3v) is 4.29. The van der Waals surface area contributed by atoms with Crippen LogP contribution in [0.4, 0.5) is 5.69 Å². The van der Waals surface area contributed by atoms with E-state index in [1.807, 2.05) is 11.8 Å². The lowest BCUT2D eigenvalue weighted by Crippen LogP contribution is -2.05. The summed E-state index contributed by atoms with van der Waals surface area (Å²) in [6.45, 7) is 7.49. The molecule has 0 aliphatic carbocycles. The molecule has 2 aromatic carbocycles. The van der Waals surface area contributed by atoms with E-state index in [0.29, 0.717) is 0 Å². The molecule has 0 aromatic heterocycles. The van der Waals surface area contributed by atoms with Crippen LogP contribution in [0, 0.1) is 20.8 Å². The third kappa shape index (κ3) is 4.61. The maximum absolute atomic E-state index is 3.50. The highest BCUT2D eigenvalue weighted by molar-refractivity contribution is 7.98. The summed E-state index contributed by atoms with van der Waals surface area (Å²) in [6, 6.07) is 15.2. The van der Waals surface area contributed by atoms with E-state index in [4.69, 9.17) is 0 Å². The van der Waals surface area contributed by atoms with E-state index in [0.717, 1.165) is 18.1 Å². The van der Waals surface area contributed by atoms with E-state index >= 15 is 0 Å². The van der Waals surface area contributed by atoms with Crippen molar-refractivity contribution in [3.05, 3.63) is 64.7 Å². The second kappa shape index (κ2) is 7.39. The number of hydrogen-bond donors (Lipinski definition) is 1. The minimum absolute atomic E-state index is 1.01. The van der Waals surface area contributed by atoms with Crippen LogP contribution in [0.1, 0.15) is 22.3 Å². The van der Waals surface area contributed by atoms with Crippen LogP contribution in [0.15, 0.2) is 42.5 Å². The number of aryl methyl sites for hydroxylation is 3. The summed E-state index contributed by atoms with van der Waals surface area (Å²) in [5, 5.41) is 3.50. The third-order valence-electron chi connectivity index (χ3n) is 3.26. The predicted octanol–water partition coefficient (Wildman–Crippen LogP) is 4.96. The Hall–Kier alpha value is -1.41. The van der Waals surface area contributed by atoms with Crippen LogP contribution >= 0.6 is 11.8 Å². The van der Waals surface area contributed by atoms with Gasteiger partial charge in [0, 0.05) is 23.7 Å². The van der Waals surface area contributed by atoms with Crippen molar-refractivity contribution in [3.63, 3.8) is 0 Å². The van der Waals surface area contributed by atoms with E-state index in [-0.39, 0.29) is 0 Å². The normalized spacial score (nSPS) is 10.6. The molecule has 2 aromatic rings. The van der Waals surface area contributed by atoms with Crippen LogP contribution in [-0.2, 0) is 5.75 Å². The summed E-state index contributed by atoms with van der Waals surface area (Å²) >= 11 is 1.99. The fourth-order valence-electron chi connectivity index (χ4n) is 2.37. The van der Waals surface area contributed by atoms with Crippen LogP contribution in [0.5, 0.6) is 0 Å². The molecular formula is C18H23NS. The molecule has 0 aliphatic rings. The molecule has 0 aliphatic heterocycles. The molecule has 1 nitrogen and oxygen atoms in total. The van der Waals surface area contributed by atoms with Crippen LogP contribution in [0.25, 0.3) is 0 Å². The molecule has 0 amide bonds. The number of benzene rings is 2. The van der Waals surface area contributed by atoms with Crippen molar-refractivity contribution in [2.45, 2.75) is 26.5 Å². The van der Waals surface area contributed by atoms with Gasteiger partial charge in [0.05, 0.1) is 0 Å². The Morgan fingerprint density at radius 3 is 2.35 bits per heavy atom. The van der Waals surface area contributed by atoms with E-state index in [1.54, 1.807) is 0 Å². The van der Waals surface area contributed by atoms with Gasteiger partial charge in [-0.3, -0.25) is 0 Å². The Bertz CT molecular complexity index is 543. The van der Waals surface area contributed by atoms with Crippen molar-refractivity contribution >= 4 is 17.4 Å². The molecule has 0 bridgehead atoms. The lowest BCUT2D eigenvalue weighted by atomic mass is 10.1. The largest absolute Gasteiger partial charge is 0.384 e. The van der Waals surface area contributed by atoms with E-state index in [9.17, 15) is 0 Å². The maximum atomic E-state index is 3.50. The molecule has 0 spiro atoms. The molecule has 20 heavy (non-hydrogen) atoms. The first kappa shape index (κ1) is 15.0. The summed E-state index contributed by atoms with van der Waals surface area (Å²) in [4.78, 5) is 0. The molecule has 106 valence electrons. The fraction of sp³-hybridized carbons (Fsp3) is 0.333. The van der Waals surface area contributed by atoms with Crippen molar-refractivity contribution in [2.75, 3.05) is 17.6 Å². The van der Waals surface area contributed by atoms with Crippen LogP contribution < -0.4 is 5.32 Å². The molecule has 2 heteroatoms. The number of nitrogens with one attached hydrogen (secondary N) is 1. The lowest BCUT2D eigenvalue weighted by molar-refractivity contribution is 1.21. The second-order valence-corrected chi connectivity index (χ2v) is 6.40. The minimum Gasteiger partial charge on any atom is -0.384 e. The van der Waals surface area contributed by atoms with E-state index < -0.39 is 0 Å². The van der Waals surface area contributed by atoms with Gasteiger partial charge in [-0.25, -0.2) is 0 Å². The summed E-state index contributed by atoms with van der Waals surface area (Å²) < 4.78 is 0. The van der Waals surface area contributed by atoms with Crippen molar-refractivity contribution in [1.82, 2.24) is 0 Å². The quantitative estimate of drug-likeness (QED) is 0.753. The number of hydrogen-bond acceptors (Lipinski definition) is 2. The van der Waals surface area contributed by atoms with Gasteiger partial charge in [-0.15, -0.1) is 0 Å². The number of thioether (sulfide) groups is 1. The zero-order valence-electron chi connectivity index (χ0n) is 12.6. The molecule has 1 N–H and O–H groups in total. The van der Waals surface area contributed by atoms with Gasteiger partial charge in [0.2, 0.25) is 0 Å². The Kier molecular flexibility index (Phi) is 5.54. The van der Waals surface area contributed by atoms with Crippen LogP contribution in [-0.4, -0.2) is 12.3 Å². The molecule has 2 rings (SSSR count). The molecular weight excluding hydrogens is 262 g/mol. The fourth-order valence-corrected chi connectivity index (χ4v) is 3.16. The molecule has 0 saturated carbocycles. The van der Waals surface area contributed by atoms with Gasteiger partial charge >= 0.3 is 0 Å². The Morgan fingerprint density at radius 1 is 0.950 bits per heavy atom. The van der Waals surface area contributed by atoms with Gasteiger partial charge in [-0.2, -0.15) is 11.8 Å². The van der Waals surface area contributed by atoms with Crippen LogP contribution in [0.3, 0.4) is 0 Å². The van der Waals surface area contributed by atoms with E-state index in [2.05, 4.69) is 68.6 Å². The molecule has 0 saturated heterocycles. The monoisotopic (exact) mass is 285 g/mol. The first-order valence-corrected chi connectivity index (χ1v) is 8.25. The number of rotatable bonds is 6. The Morgan fingerprint density at radius 2 is 1.65 bits per heavy atom. The van der Waals surface area contributed by atoms with Gasteiger partial charge in [0.25, 0.3) is 0 Å². The van der Waals surface area contributed by atoms with Gasteiger partial charge in [0.1, 0.15) is 0 Å².